The highest BCUT2D eigenvalue weighted by Gasteiger charge is 1.99. The number of hydrogen-bond acceptors (Lipinski definition) is 1. The molecular weight excluding hydrogens is 256 g/mol. The highest BCUT2D eigenvalue weighted by atomic mass is 79.9. The quantitative estimate of drug-likeness (QED) is 0.682. The molecule has 0 aromatic heterocycles. The highest BCUT2D eigenvalue weighted by molar-refractivity contribution is 9.10. The van der Waals surface area contributed by atoms with Gasteiger partial charge in [0.15, 0.2) is 0 Å². The average Bonchev–Trinajstić information content (AvgIpc) is 2.21. The van der Waals surface area contributed by atoms with Crippen LogP contribution >= 0.6 is 27.7 Å². The number of rotatable bonds is 5. The largest absolute Gasteiger partial charge is 0.126 e. The van der Waals surface area contributed by atoms with Crippen molar-refractivity contribution in [3.8, 4) is 0 Å². The van der Waals surface area contributed by atoms with Gasteiger partial charge in [0.25, 0.3) is 0 Å². The van der Waals surface area contributed by atoms with E-state index >= 15 is 0 Å². The van der Waals surface area contributed by atoms with Crippen molar-refractivity contribution in [3.63, 3.8) is 0 Å². The predicted molar refractivity (Wildman–Crippen MR) is 68.9 cm³/mol. The Morgan fingerprint density at radius 2 is 1.93 bits per heavy atom. The molecule has 0 nitrogen and oxygen atoms in total. The maximum Gasteiger partial charge on any atom is 0.0176 e. The third kappa shape index (κ3) is 4.52. The molecule has 1 rings (SSSR count). The lowest BCUT2D eigenvalue weighted by Crippen LogP contribution is -1.93. The van der Waals surface area contributed by atoms with Gasteiger partial charge in [-0.25, -0.2) is 0 Å². The van der Waals surface area contributed by atoms with Gasteiger partial charge in [0, 0.05) is 9.37 Å². The van der Waals surface area contributed by atoms with Crippen molar-refractivity contribution in [1.82, 2.24) is 0 Å². The SMILES string of the molecule is CCC(C)CCSc1ccc(Br)cc1. The molecule has 0 amide bonds. The lowest BCUT2D eigenvalue weighted by Gasteiger charge is -2.07. The van der Waals surface area contributed by atoms with Crippen molar-refractivity contribution in [2.75, 3.05) is 5.75 Å². The number of hydrogen-bond donors (Lipinski definition) is 0. The van der Waals surface area contributed by atoms with E-state index in [4.69, 9.17) is 0 Å². The summed E-state index contributed by atoms with van der Waals surface area (Å²) in [5.41, 5.74) is 0. The van der Waals surface area contributed by atoms with Crippen molar-refractivity contribution in [2.24, 2.45) is 5.92 Å². The first-order valence-electron chi connectivity index (χ1n) is 5.10. The van der Waals surface area contributed by atoms with Crippen molar-refractivity contribution < 1.29 is 0 Å². The van der Waals surface area contributed by atoms with E-state index in [1.807, 2.05) is 11.8 Å². The van der Waals surface area contributed by atoms with E-state index in [1.54, 1.807) is 0 Å². The second kappa shape index (κ2) is 6.52. The minimum absolute atomic E-state index is 0.859. The summed E-state index contributed by atoms with van der Waals surface area (Å²) in [6.45, 7) is 4.58. The first kappa shape index (κ1) is 12.1. The van der Waals surface area contributed by atoms with Gasteiger partial charge in [0.1, 0.15) is 0 Å². The molecule has 0 aliphatic rings. The Morgan fingerprint density at radius 3 is 2.50 bits per heavy atom. The molecule has 0 radical (unpaired) electrons. The molecule has 0 spiro atoms. The topological polar surface area (TPSA) is 0 Å². The van der Waals surface area contributed by atoms with Crippen molar-refractivity contribution in [3.05, 3.63) is 28.7 Å². The molecular formula is C12H17BrS. The molecule has 14 heavy (non-hydrogen) atoms. The van der Waals surface area contributed by atoms with Gasteiger partial charge in [0.05, 0.1) is 0 Å². The maximum atomic E-state index is 3.44. The molecule has 0 aliphatic carbocycles. The molecule has 1 aromatic carbocycles. The van der Waals surface area contributed by atoms with Crippen molar-refractivity contribution >= 4 is 27.7 Å². The summed E-state index contributed by atoms with van der Waals surface area (Å²) >= 11 is 5.39. The number of halogens is 1. The fraction of sp³-hybridized carbons (Fsp3) is 0.500. The molecule has 0 bridgehead atoms. The Hall–Kier alpha value is 0.0500. The zero-order chi connectivity index (χ0) is 10.4. The molecule has 1 atom stereocenters. The monoisotopic (exact) mass is 272 g/mol. The molecule has 2 heteroatoms. The first-order chi connectivity index (χ1) is 6.72. The Kier molecular flexibility index (Phi) is 5.64. The van der Waals surface area contributed by atoms with Gasteiger partial charge >= 0.3 is 0 Å². The van der Waals surface area contributed by atoms with E-state index in [0.717, 1.165) is 10.4 Å². The van der Waals surface area contributed by atoms with Gasteiger partial charge in [0.2, 0.25) is 0 Å². The zero-order valence-corrected chi connectivity index (χ0v) is 11.2. The van der Waals surface area contributed by atoms with Crippen molar-refractivity contribution in [2.45, 2.75) is 31.6 Å². The van der Waals surface area contributed by atoms with Gasteiger partial charge in [-0.15, -0.1) is 11.8 Å². The van der Waals surface area contributed by atoms with Crippen LogP contribution in [0.15, 0.2) is 33.6 Å². The molecule has 0 N–H and O–H groups in total. The fourth-order valence-corrected chi connectivity index (χ4v) is 2.46. The van der Waals surface area contributed by atoms with Crippen LogP contribution in [0.5, 0.6) is 0 Å². The Balaban J connectivity index is 2.28. The van der Waals surface area contributed by atoms with Crippen LogP contribution in [0.2, 0.25) is 0 Å². The Morgan fingerprint density at radius 1 is 1.29 bits per heavy atom. The van der Waals surface area contributed by atoms with Crippen LogP contribution in [0.4, 0.5) is 0 Å². The summed E-state index contributed by atoms with van der Waals surface area (Å²) in [5.74, 6) is 2.09. The van der Waals surface area contributed by atoms with E-state index in [0.29, 0.717) is 0 Å². The Bertz CT molecular complexity index is 256. The standard InChI is InChI=1S/C12H17BrS/c1-3-10(2)8-9-14-12-6-4-11(13)5-7-12/h4-7,10H,3,8-9H2,1-2H3. The smallest absolute Gasteiger partial charge is 0.0176 e. The zero-order valence-electron chi connectivity index (χ0n) is 8.79. The van der Waals surface area contributed by atoms with Gasteiger partial charge in [-0.05, 0) is 42.4 Å². The van der Waals surface area contributed by atoms with Crippen LogP contribution in [0, 0.1) is 5.92 Å². The summed E-state index contributed by atoms with van der Waals surface area (Å²) in [7, 11) is 0. The summed E-state index contributed by atoms with van der Waals surface area (Å²) in [6.07, 6.45) is 2.61. The summed E-state index contributed by atoms with van der Waals surface area (Å²) in [6, 6.07) is 8.55. The maximum absolute atomic E-state index is 3.44. The van der Waals surface area contributed by atoms with E-state index in [1.165, 1.54) is 23.5 Å². The van der Waals surface area contributed by atoms with Crippen LogP contribution in [0.1, 0.15) is 26.7 Å². The van der Waals surface area contributed by atoms with Gasteiger partial charge in [-0.1, -0.05) is 36.2 Å². The minimum Gasteiger partial charge on any atom is -0.126 e. The summed E-state index contributed by atoms with van der Waals surface area (Å²) in [4.78, 5) is 1.37. The highest BCUT2D eigenvalue weighted by Crippen LogP contribution is 2.22. The van der Waals surface area contributed by atoms with E-state index in [-0.39, 0.29) is 0 Å². The summed E-state index contributed by atoms with van der Waals surface area (Å²) < 4.78 is 1.16. The summed E-state index contributed by atoms with van der Waals surface area (Å²) in [5, 5.41) is 0. The van der Waals surface area contributed by atoms with Gasteiger partial charge in [-0.2, -0.15) is 0 Å². The van der Waals surface area contributed by atoms with Crippen LogP contribution in [-0.2, 0) is 0 Å². The lowest BCUT2D eigenvalue weighted by atomic mass is 10.1. The minimum atomic E-state index is 0.859. The second-order valence-electron chi connectivity index (χ2n) is 3.60. The molecule has 0 saturated carbocycles. The van der Waals surface area contributed by atoms with E-state index in [9.17, 15) is 0 Å². The van der Waals surface area contributed by atoms with Crippen LogP contribution in [0.25, 0.3) is 0 Å². The van der Waals surface area contributed by atoms with E-state index < -0.39 is 0 Å². The average molecular weight is 273 g/mol. The molecule has 78 valence electrons. The number of thioether (sulfide) groups is 1. The van der Waals surface area contributed by atoms with Crippen LogP contribution in [0.3, 0.4) is 0 Å². The first-order valence-corrected chi connectivity index (χ1v) is 6.88. The normalized spacial score (nSPS) is 12.8. The van der Waals surface area contributed by atoms with Crippen LogP contribution in [-0.4, -0.2) is 5.75 Å². The Labute approximate surface area is 99.6 Å². The van der Waals surface area contributed by atoms with Gasteiger partial charge < -0.3 is 0 Å². The van der Waals surface area contributed by atoms with Gasteiger partial charge in [-0.3, -0.25) is 0 Å². The predicted octanol–water partition coefficient (Wildman–Crippen LogP) is 4.98. The molecule has 1 unspecified atom stereocenters. The van der Waals surface area contributed by atoms with Crippen molar-refractivity contribution in [1.29, 1.82) is 0 Å². The third-order valence-corrected chi connectivity index (χ3v) is 3.96. The molecule has 0 aliphatic heterocycles. The second-order valence-corrected chi connectivity index (χ2v) is 5.69. The molecule has 0 heterocycles. The van der Waals surface area contributed by atoms with Crippen LogP contribution < -0.4 is 0 Å². The van der Waals surface area contributed by atoms with E-state index in [2.05, 4.69) is 54.0 Å². The fourth-order valence-electron chi connectivity index (χ4n) is 1.11. The number of benzene rings is 1. The molecule has 0 saturated heterocycles. The lowest BCUT2D eigenvalue weighted by molar-refractivity contribution is 0.549. The third-order valence-electron chi connectivity index (χ3n) is 2.39. The molecule has 1 aromatic rings. The molecule has 0 fully saturated rings.